The van der Waals surface area contributed by atoms with E-state index in [0.717, 1.165) is 11.5 Å². The fraction of sp³-hybridized carbons (Fsp3) is 0. The Balaban J connectivity index is 2.45. The van der Waals surface area contributed by atoms with Crippen LogP contribution in [-0.4, -0.2) is 24.8 Å². The molecular weight excluding hydrogens is 164 g/mol. The van der Waals surface area contributed by atoms with Crippen LogP contribution in [0.25, 0.3) is 11.5 Å². The minimum absolute atomic E-state index is 0.433. The highest BCUT2D eigenvalue weighted by atomic mass is 32.1. The van der Waals surface area contributed by atoms with E-state index in [0.29, 0.717) is 16.6 Å². The van der Waals surface area contributed by atoms with Crippen LogP contribution in [0.5, 0.6) is 0 Å². The number of anilines is 1. The Kier molecular flexibility index (Phi) is 1.29. The molecule has 0 fully saturated rings. The van der Waals surface area contributed by atoms with E-state index in [1.807, 2.05) is 0 Å². The van der Waals surface area contributed by atoms with E-state index in [-0.39, 0.29) is 0 Å². The van der Waals surface area contributed by atoms with Gasteiger partial charge in [-0.15, -0.1) is 0 Å². The maximum absolute atomic E-state index is 5.37. The third-order valence-corrected chi connectivity index (χ3v) is 1.63. The van der Waals surface area contributed by atoms with Gasteiger partial charge in [0.2, 0.25) is 0 Å². The molecule has 6 nitrogen and oxygen atoms in total. The molecule has 0 saturated carbocycles. The molecule has 2 heterocycles. The summed E-state index contributed by atoms with van der Waals surface area (Å²) in [7, 11) is 0. The number of nitrogens with one attached hydrogen (secondary N) is 1. The summed E-state index contributed by atoms with van der Waals surface area (Å²) in [5, 5.41) is 10.3. The second-order valence-electron chi connectivity index (χ2n) is 1.81. The SMILES string of the molecule is Nc1nc(-c2cn[nH]n2)ns1. The Labute approximate surface area is 65.6 Å². The van der Waals surface area contributed by atoms with Gasteiger partial charge in [-0.25, -0.2) is 0 Å². The molecule has 0 saturated heterocycles. The molecule has 0 bridgehead atoms. The topological polar surface area (TPSA) is 93.4 Å². The van der Waals surface area contributed by atoms with Crippen LogP contribution >= 0.6 is 11.5 Å². The van der Waals surface area contributed by atoms with E-state index in [9.17, 15) is 0 Å². The van der Waals surface area contributed by atoms with Crippen LogP contribution in [0.1, 0.15) is 0 Å². The van der Waals surface area contributed by atoms with E-state index in [1.54, 1.807) is 6.20 Å². The summed E-state index contributed by atoms with van der Waals surface area (Å²) >= 11 is 1.14. The predicted octanol–water partition coefficient (Wildman–Crippen LogP) is -0.0946. The van der Waals surface area contributed by atoms with Crippen LogP contribution in [0, 0.1) is 0 Å². The number of H-pyrrole nitrogens is 1. The summed E-state index contributed by atoms with van der Waals surface area (Å²) < 4.78 is 3.94. The Hall–Kier alpha value is -1.50. The minimum atomic E-state index is 0.433. The molecule has 56 valence electrons. The lowest BCUT2D eigenvalue weighted by Crippen LogP contribution is -1.83. The van der Waals surface area contributed by atoms with Crippen molar-refractivity contribution in [3.05, 3.63) is 6.20 Å². The number of aromatic nitrogens is 5. The summed E-state index contributed by atoms with van der Waals surface area (Å²) in [5.41, 5.74) is 5.98. The van der Waals surface area contributed by atoms with Crippen molar-refractivity contribution in [2.45, 2.75) is 0 Å². The van der Waals surface area contributed by atoms with E-state index in [2.05, 4.69) is 24.8 Å². The molecule has 3 N–H and O–H groups in total. The van der Waals surface area contributed by atoms with Crippen LogP contribution in [-0.2, 0) is 0 Å². The predicted molar refractivity (Wildman–Crippen MR) is 39.7 cm³/mol. The Morgan fingerprint density at radius 3 is 3.00 bits per heavy atom. The molecule has 2 rings (SSSR count). The first-order chi connectivity index (χ1) is 5.36. The lowest BCUT2D eigenvalue weighted by Gasteiger charge is -1.79. The number of nitrogens with two attached hydrogens (primary N) is 1. The standard InChI is InChI=1S/C4H4N6S/c5-4-7-3(9-11-4)2-1-6-10-8-2/h1H,(H2,5,7,9)(H,6,8,10). The van der Waals surface area contributed by atoms with Gasteiger partial charge in [0, 0.05) is 11.5 Å². The molecule has 0 aromatic carbocycles. The Morgan fingerprint density at radius 2 is 2.45 bits per heavy atom. The molecular formula is C4H4N6S. The van der Waals surface area contributed by atoms with Gasteiger partial charge in [-0.3, -0.25) is 0 Å². The van der Waals surface area contributed by atoms with Crippen molar-refractivity contribution in [1.29, 1.82) is 0 Å². The monoisotopic (exact) mass is 168 g/mol. The average molecular weight is 168 g/mol. The van der Waals surface area contributed by atoms with Crippen LogP contribution in [0.2, 0.25) is 0 Å². The van der Waals surface area contributed by atoms with Gasteiger partial charge in [-0.1, -0.05) is 0 Å². The third kappa shape index (κ3) is 1.05. The van der Waals surface area contributed by atoms with Crippen LogP contribution in [0.15, 0.2) is 6.20 Å². The first-order valence-electron chi connectivity index (χ1n) is 2.81. The smallest absolute Gasteiger partial charge is 0.200 e. The zero-order chi connectivity index (χ0) is 7.68. The van der Waals surface area contributed by atoms with E-state index in [1.165, 1.54) is 0 Å². The molecule has 0 aliphatic carbocycles. The lowest BCUT2D eigenvalue weighted by atomic mass is 10.5. The molecule has 0 atom stereocenters. The van der Waals surface area contributed by atoms with Crippen molar-refractivity contribution in [2.75, 3.05) is 5.73 Å². The zero-order valence-corrected chi connectivity index (χ0v) is 6.17. The highest BCUT2D eigenvalue weighted by Crippen LogP contribution is 2.14. The Morgan fingerprint density at radius 1 is 1.55 bits per heavy atom. The molecule has 11 heavy (non-hydrogen) atoms. The van der Waals surface area contributed by atoms with Crippen molar-refractivity contribution in [3.8, 4) is 11.5 Å². The maximum Gasteiger partial charge on any atom is 0.200 e. The summed E-state index contributed by atoms with van der Waals surface area (Å²) in [4.78, 5) is 3.92. The average Bonchev–Trinajstić information content (AvgIpc) is 2.55. The van der Waals surface area contributed by atoms with Gasteiger partial charge in [-0.2, -0.15) is 24.8 Å². The summed E-state index contributed by atoms with van der Waals surface area (Å²) in [6, 6.07) is 0. The maximum atomic E-state index is 5.37. The molecule has 0 aliphatic heterocycles. The Bertz CT molecular complexity index is 337. The highest BCUT2D eigenvalue weighted by molar-refractivity contribution is 7.09. The van der Waals surface area contributed by atoms with Gasteiger partial charge in [0.25, 0.3) is 0 Å². The van der Waals surface area contributed by atoms with E-state index < -0.39 is 0 Å². The third-order valence-electron chi connectivity index (χ3n) is 1.09. The molecule has 2 aromatic rings. The number of hydrogen-bond acceptors (Lipinski definition) is 6. The fourth-order valence-corrected chi connectivity index (χ4v) is 1.09. The van der Waals surface area contributed by atoms with Crippen molar-refractivity contribution < 1.29 is 0 Å². The molecule has 2 aromatic heterocycles. The number of aromatic amines is 1. The van der Waals surface area contributed by atoms with Crippen molar-refractivity contribution in [2.24, 2.45) is 0 Å². The second-order valence-corrected chi connectivity index (χ2v) is 2.59. The summed E-state index contributed by atoms with van der Waals surface area (Å²) in [6.45, 7) is 0. The van der Waals surface area contributed by atoms with Gasteiger partial charge in [0.15, 0.2) is 16.6 Å². The van der Waals surface area contributed by atoms with Crippen molar-refractivity contribution >= 4 is 16.7 Å². The van der Waals surface area contributed by atoms with Crippen LogP contribution in [0.4, 0.5) is 5.13 Å². The molecule has 0 radical (unpaired) electrons. The van der Waals surface area contributed by atoms with Gasteiger partial charge < -0.3 is 5.73 Å². The molecule has 0 spiro atoms. The number of nitrogen functional groups attached to an aromatic ring is 1. The van der Waals surface area contributed by atoms with E-state index in [4.69, 9.17) is 5.73 Å². The molecule has 0 unspecified atom stereocenters. The number of rotatable bonds is 1. The van der Waals surface area contributed by atoms with Gasteiger partial charge in [0.05, 0.1) is 6.20 Å². The van der Waals surface area contributed by atoms with Crippen LogP contribution < -0.4 is 5.73 Å². The molecule has 0 amide bonds. The zero-order valence-electron chi connectivity index (χ0n) is 5.35. The fourth-order valence-electron chi connectivity index (χ4n) is 0.649. The number of hydrogen-bond donors (Lipinski definition) is 2. The molecule has 0 aliphatic rings. The largest absolute Gasteiger partial charge is 0.374 e. The molecule has 7 heteroatoms. The van der Waals surface area contributed by atoms with E-state index >= 15 is 0 Å². The van der Waals surface area contributed by atoms with Gasteiger partial charge in [0.1, 0.15) is 0 Å². The van der Waals surface area contributed by atoms with Gasteiger partial charge >= 0.3 is 0 Å². The normalized spacial score (nSPS) is 10.2. The van der Waals surface area contributed by atoms with Crippen molar-refractivity contribution in [3.63, 3.8) is 0 Å². The van der Waals surface area contributed by atoms with Crippen molar-refractivity contribution in [1.82, 2.24) is 24.8 Å². The summed E-state index contributed by atoms with van der Waals surface area (Å²) in [6.07, 6.45) is 1.54. The van der Waals surface area contributed by atoms with Crippen LogP contribution in [0.3, 0.4) is 0 Å². The highest BCUT2D eigenvalue weighted by Gasteiger charge is 2.05. The first-order valence-corrected chi connectivity index (χ1v) is 3.59. The second kappa shape index (κ2) is 2.27. The summed E-state index contributed by atoms with van der Waals surface area (Å²) in [5.74, 6) is 0.515. The minimum Gasteiger partial charge on any atom is -0.374 e. The van der Waals surface area contributed by atoms with Gasteiger partial charge in [-0.05, 0) is 0 Å². The first kappa shape index (κ1) is 6.23. The number of nitrogens with zero attached hydrogens (tertiary/aromatic N) is 4. The quantitative estimate of drug-likeness (QED) is 0.620. The lowest BCUT2D eigenvalue weighted by molar-refractivity contribution is 0.940.